The lowest BCUT2D eigenvalue weighted by atomic mass is 10.2. The van der Waals surface area contributed by atoms with Gasteiger partial charge in [-0.1, -0.05) is 37.3 Å². The summed E-state index contributed by atoms with van der Waals surface area (Å²) in [4.78, 5) is 2.36. The van der Waals surface area contributed by atoms with Gasteiger partial charge in [0.1, 0.15) is 0 Å². The van der Waals surface area contributed by atoms with Gasteiger partial charge in [-0.2, -0.15) is 0 Å². The van der Waals surface area contributed by atoms with E-state index in [1.807, 2.05) is 13.0 Å². The Kier molecular flexibility index (Phi) is 4.63. The third-order valence-electron chi connectivity index (χ3n) is 2.24. The predicted octanol–water partition coefficient (Wildman–Crippen LogP) is 1.86. The molecule has 0 saturated heterocycles. The average Bonchev–Trinajstić information content (AvgIpc) is 2.17. The molecule has 1 aromatic carbocycles. The van der Waals surface area contributed by atoms with Gasteiger partial charge in [-0.3, -0.25) is 4.90 Å². The van der Waals surface area contributed by atoms with Crippen LogP contribution in [0, 0.1) is 0 Å². The van der Waals surface area contributed by atoms with Crippen molar-refractivity contribution in [1.29, 1.82) is 0 Å². The largest absolute Gasteiger partial charge is 0.327 e. The van der Waals surface area contributed by atoms with E-state index in [0.717, 1.165) is 19.6 Å². The SMILES string of the molecule is CCN(Cc1ccccc1)CC(C)N. The van der Waals surface area contributed by atoms with Crippen molar-refractivity contribution in [3.63, 3.8) is 0 Å². The average molecular weight is 192 g/mol. The maximum absolute atomic E-state index is 5.78. The van der Waals surface area contributed by atoms with Crippen LogP contribution >= 0.6 is 0 Å². The molecule has 0 heterocycles. The lowest BCUT2D eigenvalue weighted by Gasteiger charge is -2.22. The van der Waals surface area contributed by atoms with Gasteiger partial charge in [0.2, 0.25) is 0 Å². The molecule has 0 aliphatic carbocycles. The molecule has 14 heavy (non-hydrogen) atoms. The zero-order chi connectivity index (χ0) is 10.4. The second kappa shape index (κ2) is 5.78. The molecule has 1 unspecified atom stereocenters. The fraction of sp³-hybridized carbons (Fsp3) is 0.500. The number of benzene rings is 1. The molecule has 1 atom stereocenters. The first-order chi connectivity index (χ1) is 6.72. The van der Waals surface area contributed by atoms with Gasteiger partial charge >= 0.3 is 0 Å². The van der Waals surface area contributed by atoms with Crippen LogP contribution in [0.4, 0.5) is 0 Å². The quantitative estimate of drug-likeness (QED) is 0.771. The monoisotopic (exact) mass is 192 g/mol. The summed E-state index contributed by atoms with van der Waals surface area (Å²) < 4.78 is 0. The number of nitrogens with zero attached hydrogens (tertiary/aromatic N) is 1. The molecule has 0 bridgehead atoms. The summed E-state index contributed by atoms with van der Waals surface area (Å²) in [7, 11) is 0. The summed E-state index contributed by atoms with van der Waals surface area (Å²) in [5.41, 5.74) is 7.14. The molecule has 0 aliphatic heterocycles. The highest BCUT2D eigenvalue weighted by molar-refractivity contribution is 5.14. The number of rotatable bonds is 5. The summed E-state index contributed by atoms with van der Waals surface area (Å²) in [6.07, 6.45) is 0. The van der Waals surface area contributed by atoms with Crippen LogP contribution in [0.1, 0.15) is 19.4 Å². The van der Waals surface area contributed by atoms with Gasteiger partial charge in [0, 0.05) is 19.1 Å². The first-order valence-corrected chi connectivity index (χ1v) is 5.24. The highest BCUT2D eigenvalue weighted by atomic mass is 15.1. The van der Waals surface area contributed by atoms with Crippen LogP contribution in [0.5, 0.6) is 0 Å². The zero-order valence-electron chi connectivity index (χ0n) is 9.11. The Morgan fingerprint density at radius 1 is 1.29 bits per heavy atom. The first kappa shape index (κ1) is 11.2. The molecule has 0 fully saturated rings. The molecule has 0 spiro atoms. The van der Waals surface area contributed by atoms with Crippen molar-refractivity contribution >= 4 is 0 Å². The van der Waals surface area contributed by atoms with E-state index in [4.69, 9.17) is 5.73 Å². The standard InChI is InChI=1S/C12H20N2/c1-3-14(9-11(2)13)10-12-7-5-4-6-8-12/h4-8,11H,3,9-10,13H2,1-2H3. The van der Waals surface area contributed by atoms with Crippen LogP contribution in [0.2, 0.25) is 0 Å². The van der Waals surface area contributed by atoms with E-state index < -0.39 is 0 Å². The molecule has 0 radical (unpaired) electrons. The van der Waals surface area contributed by atoms with Crippen molar-refractivity contribution in [3.8, 4) is 0 Å². The lowest BCUT2D eigenvalue weighted by molar-refractivity contribution is 0.266. The molecule has 0 amide bonds. The molecule has 2 nitrogen and oxygen atoms in total. The highest BCUT2D eigenvalue weighted by Crippen LogP contribution is 2.04. The van der Waals surface area contributed by atoms with E-state index in [1.165, 1.54) is 5.56 Å². The Labute approximate surface area is 86.7 Å². The van der Waals surface area contributed by atoms with E-state index in [9.17, 15) is 0 Å². The van der Waals surface area contributed by atoms with Crippen molar-refractivity contribution in [1.82, 2.24) is 4.90 Å². The van der Waals surface area contributed by atoms with Crippen molar-refractivity contribution in [2.75, 3.05) is 13.1 Å². The van der Waals surface area contributed by atoms with E-state index in [1.54, 1.807) is 0 Å². The lowest BCUT2D eigenvalue weighted by Crippen LogP contribution is -2.35. The Morgan fingerprint density at radius 3 is 2.43 bits per heavy atom. The second-order valence-corrected chi connectivity index (χ2v) is 3.79. The van der Waals surface area contributed by atoms with Crippen molar-refractivity contribution < 1.29 is 0 Å². The van der Waals surface area contributed by atoms with Crippen LogP contribution in [0.3, 0.4) is 0 Å². The van der Waals surface area contributed by atoms with E-state index in [-0.39, 0.29) is 6.04 Å². The highest BCUT2D eigenvalue weighted by Gasteiger charge is 2.05. The summed E-state index contributed by atoms with van der Waals surface area (Å²) in [6.45, 7) is 7.24. The number of hydrogen-bond donors (Lipinski definition) is 1. The van der Waals surface area contributed by atoms with Crippen molar-refractivity contribution in [3.05, 3.63) is 35.9 Å². The number of hydrogen-bond acceptors (Lipinski definition) is 2. The molecular weight excluding hydrogens is 172 g/mol. The molecule has 0 saturated carbocycles. The Balaban J connectivity index is 2.48. The van der Waals surface area contributed by atoms with Crippen molar-refractivity contribution in [2.45, 2.75) is 26.4 Å². The summed E-state index contributed by atoms with van der Waals surface area (Å²) in [5, 5.41) is 0. The predicted molar refractivity (Wildman–Crippen MR) is 61.0 cm³/mol. The van der Waals surface area contributed by atoms with Crippen LogP contribution < -0.4 is 5.73 Å². The number of nitrogens with two attached hydrogens (primary N) is 1. The molecule has 0 aromatic heterocycles. The summed E-state index contributed by atoms with van der Waals surface area (Å²) in [5.74, 6) is 0. The smallest absolute Gasteiger partial charge is 0.0234 e. The maximum atomic E-state index is 5.78. The van der Waals surface area contributed by atoms with Gasteiger partial charge in [-0.25, -0.2) is 0 Å². The molecule has 2 N–H and O–H groups in total. The van der Waals surface area contributed by atoms with Crippen LogP contribution in [-0.2, 0) is 6.54 Å². The Morgan fingerprint density at radius 2 is 1.93 bits per heavy atom. The fourth-order valence-electron chi connectivity index (χ4n) is 1.55. The third kappa shape index (κ3) is 3.90. The molecule has 1 rings (SSSR count). The van der Waals surface area contributed by atoms with Crippen molar-refractivity contribution in [2.24, 2.45) is 5.73 Å². The van der Waals surface area contributed by atoms with Gasteiger partial charge in [-0.15, -0.1) is 0 Å². The Bertz CT molecular complexity index is 244. The minimum atomic E-state index is 0.249. The van der Waals surface area contributed by atoms with Gasteiger partial charge in [0.15, 0.2) is 0 Å². The molecule has 78 valence electrons. The molecule has 0 aliphatic rings. The summed E-state index contributed by atoms with van der Waals surface area (Å²) >= 11 is 0. The summed E-state index contributed by atoms with van der Waals surface area (Å²) in [6, 6.07) is 10.8. The normalized spacial score (nSPS) is 13.1. The first-order valence-electron chi connectivity index (χ1n) is 5.24. The fourth-order valence-corrected chi connectivity index (χ4v) is 1.55. The minimum Gasteiger partial charge on any atom is -0.327 e. The minimum absolute atomic E-state index is 0.249. The second-order valence-electron chi connectivity index (χ2n) is 3.79. The molecular formula is C12H20N2. The van der Waals surface area contributed by atoms with Crippen LogP contribution in [0.25, 0.3) is 0 Å². The molecule has 2 heteroatoms. The third-order valence-corrected chi connectivity index (χ3v) is 2.24. The topological polar surface area (TPSA) is 29.3 Å². The van der Waals surface area contributed by atoms with Gasteiger partial charge in [0.25, 0.3) is 0 Å². The van der Waals surface area contributed by atoms with E-state index in [0.29, 0.717) is 0 Å². The maximum Gasteiger partial charge on any atom is 0.0234 e. The van der Waals surface area contributed by atoms with E-state index >= 15 is 0 Å². The molecule has 1 aromatic rings. The van der Waals surface area contributed by atoms with Crippen LogP contribution in [-0.4, -0.2) is 24.0 Å². The van der Waals surface area contributed by atoms with Gasteiger partial charge in [0.05, 0.1) is 0 Å². The number of likely N-dealkylation sites (N-methyl/N-ethyl adjacent to an activating group) is 1. The van der Waals surface area contributed by atoms with Gasteiger partial charge < -0.3 is 5.73 Å². The zero-order valence-corrected chi connectivity index (χ0v) is 9.11. The van der Waals surface area contributed by atoms with E-state index in [2.05, 4.69) is 36.1 Å². The Hall–Kier alpha value is -0.860. The van der Waals surface area contributed by atoms with Crippen LogP contribution in [0.15, 0.2) is 30.3 Å². The van der Waals surface area contributed by atoms with Gasteiger partial charge in [-0.05, 0) is 19.0 Å².